The zero-order chi connectivity index (χ0) is 14.1. The number of allylic oxidation sites excluding steroid dienone is 1. The number of hydrogen-bond donors (Lipinski definition) is 1. The van der Waals surface area contributed by atoms with E-state index in [4.69, 9.17) is 0 Å². The fourth-order valence-electron chi connectivity index (χ4n) is 2.61. The van der Waals surface area contributed by atoms with Gasteiger partial charge in [-0.25, -0.2) is 0 Å². The molecule has 0 saturated heterocycles. The highest BCUT2D eigenvalue weighted by atomic mass is 16.2. The van der Waals surface area contributed by atoms with Gasteiger partial charge < -0.3 is 10.2 Å². The maximum Gasteiger partial charge on any atom is 0.253 e. The predicted molar refractivity (Wildman–Crippen MR) is 77.7 cm³/mol. The minimum Gasteiger partial charge on any atom is -0.348 e. The van der Waals surface area contributed by atoms with Crippen molar-refractivity contribution in [3.63, 3.8) is 0 Å². The Labute approximate surface area is 118 Å². The first-order valence-corrected chi connectivity index (χ1v) is 7.06. The summed E-state index contributed by atoms with van der Waals surface area (Å²) >= 11 is 0. The van der Waals surface area contributed by atoms with E-state index in [1.165, 1.54) is 12.0 Å². The van der Waals surface area contributed by atoms with Crippen molar-refractivity contribution < 1.29 is 9.59 Å². The normalized spacial score (nSPS) is 21.4. The molecule has 1 atom stereocenters. The molecule has 1 aromatic carbocycles. The number of para-hydroxylation sites is 1. The van der Waals surface area contributed by atoms with E-state index in [2.05, 4.69) is 5.32 Å². The van der Waals surface area contributed by atoms with Gasteiger partial charge >= 0.3 is 0 Å². The Bertz CT molecular complexity index is 586. The Morgan fingerprint density at radius 2 is 2.10 bits per heavy atom. The van der Waals surface area contributed by atoms with E-state index < -0.39 is 0 Å². The second-order valence-electron chi connectivity index (χ2n) is 5.50. The summed E-state index contributed by atoms with van der Waals surface area (Å²) in [4.78, 5) is 26.3. The summed E-state index contributed by atoms with van der Waals surface area (Å²) in [5.74, 6) is -0.129. The number of fused-ring (bicyclic) bond motifs is 1. The molecule has 0 aromatic heterocycles. The smallest absolute Gasteiger partial charge is 0.253 e. The zero-order valence-electron chi connectivity index (χ0n) is 11.6. The highest BCUT2D eigenvalue weighted by Gasteiger charge is 2.27. The molecule has 1 N–H and O–H groups in total. The van der Waals surface area contributed by atoms with E-state index in [1.807, 2.05) is 25.1 Å². The highest BCUT2D eigenvalue weighted by molar-refractivity contribution is 6.09. The van der Waals surface area contributed by atoms with Crippen LogP contribution in [0.5, 0.6) is 0 Å². The van der Waals surface area contributed by atoms with Crippen molar-refractivity contribution in [2.75, 3.05) is 11.4 Å². The van der Waals surface area contributed by atoms with E-state index in [0.29, 0.717) is 17.8 Å². The Morgan fingerprint density at radius 1 is 1.35 bits per heavy atom. The molecule has 1 unspecified atom stereocenters. The number of carbonyl (C=O) groups is 2. The first-order valence-electron chi connectivity index (χ1n) is 7.06. The van der Waals surface area contributed by atoms with Crippen LogP contribution in [-0.2, 0) is 4.79 Å². The number of carbonyl (C=O) groups excluding carboxylic acids is 2. The van der Waals surface area contributed by atoms with Crippen LogP contribution in [0.1, 0.15) is 36.5 Å². The lowest BCUT2D eigenvalue weighted by Gasteiger charge is -2.24. The van der Waals surface area contributed by atoms with Gasteiger partial charge in [0.15, 0.2) is 0 Å². The topological polar surface area (TPSA) is 49.4 Å². The zero-order valence-corrected chi connectivity index (χ0v) is 11.6. The van der Waals surface area contributed by atoms with Crippen molar-refractivity contribution >= 4 is 17.5 Å². The molecule has 0 bridgehead atoms. The Morgan fingerprint density at radius 3 is 2.80 bits per heavy atom. The molecule has 2 aliphatic rings. The minimum absolute atomic E-state index is 0.0181. The number of hydrogen-bond acceptors (Lipinski definition) is 2. The van der Waals surface area contributed by atoms with Crippen LogP contribution in [0.15, 0.2) is 35.9 Å². The quantitative estimate of drug-likeness (QED) is 0.796. The average molecular weight is 270 g/mol. The molecule has 104 valence electrons. The van der Waals surface area contributed by atoms with Gasteiger partial charge in [-0.3, -0.25) is 9.59 Å². The molecule has 0 radical (unpaired) electrons. The van der Waals surface area contributed by atoms with Gasteiger partial charge in [0.05, 0.1) is 11.3 Å². The Balaban J connectivity index is 1.97. The monoisotopic (exact) mass is 270 g/mol. The van der Waals surface area contributed by atoms with E-state index in [1.54, 1.807) is 17.0 Å². The second kappa shape index (κ2) is 5.12. The van der Waals surface area contributed by atoms with Crippen LogP contribution < -0.4 is 10.2 Å². The SMILES string of the molecule is CC1CN(C(=O)C=C2CCC2)c2ccccc2C(=O)N1. The van der Waals surface area contributed by atoms with Gasteiger partial charge in [-0.2, -0.15) is 0 Å². The third-order valence-corrected chi connectivity index (χ3v) is 3.86. The second-order valence-corrected chi connectivity index (χ2v) is 5.50. The van der Waals surface area contributed by atoms with Crippen molar-refractivity contribution in [1.82, 2.24) is 5.32 Å². The lowest BCUT2D eigenvalue weighted by Crippen LogP contribution is -2.40. The summed E-state index contributed by atoms with van der Waals surface area (Å²) in [7, 11) is 0. The van der Waals surface area contributed by atoms with Crippen molar-refractivity contribution in [3.8, 4) is 0 Å². The first kappa shape index (κ1) is 12.9. The number of benzene rings is 1. The van der Waals surface area contributed by atoms with E-state index in [-0.39, 0.29) is 17.9 Å². The summed E-state index contributed by atoms with van der Waals surface area (Å²) in [6.45, 7) is 2.42. The van der Waals surface area contributed by atoms with Gasteiger partial charge in [-0.05, 0) is 38.3 Å². The van der Waals surface area contributed by atoms with Gasteiger partial charge in [0.1, 0.15) is 0 Å². The molecule has 1 aliphatic carbocycles. The van der Waals surface area contributed by atoms with Gasteiger partial charge in [0.2, 0.25) is 0 Å². The molecule has 1 fully saturated rings. The average Bonchev–Trinajstić information content (AvgIpc) is 2.51. The first-order chi connectivity index (χ1) is 9.65. The molecule has 2 amide bonds. The van der Waals surface area contributed by atoms with Crippen LogP contribution in [0.3, 0.4) is 0 Å². The fraction of sp³-hybridized carbons (Fsp3) is 0.375. The molecule has 1 saturated carbocycles. The summed E-state index contributed by atoms with van der Waals surface area (Å²) in [6.07, 6.45) is 4.96. The Kier molecular flexibility index (Phi) is 3.30. The summed E-state index contributed by atoms with van der Waals surface area (Å²) in [5, 5.41) is 2.91. The summed E-state index contributed by atoms with van der Waals surface area (Å²) in [6, 6.07) is 7.22. The van der Waals surface area contributed by atoms with Crippen molar-refractivity contribution in [2.24, 2.45) is 0 Å². The lowest BCUT2D eigenvalue weighted by atomic mass is 9.92. The molecule has 1 heterocycles. The van der Waals surface area contributed by atoms with Gasteiger partial charge in [0.25, 0.3) is 11.8 Å². The van der Waals surface area contributed by atoms with Crippen LogP contribution in [0.4, 0.5) is 5.69 Å². The van der Waals surface area contributed by atoms with E-state index >= 15 is 0 Å². The minimum atomic E-state index is -0.111. The van der Waals surface area contributed by atoms with Gasteiger partial charge in [-0.15, -0.1) is 0 Å². The van der Waals surface area contributed by atoms with Crippen LogP contribution in [0.2, 0.25) is 0 Å². The lowest BCUT2D eigenvalue weighted by molar-refractivity contribution is -0.114. The maximum absolute atomic E-state index is 12.5. The van der Waals surface area contributed by atoms with Gasteiger partial charge in [-0.1, -0.05) is 17.7 Å². The predicted octanol–water partition coefficient (Wildman–Crippen LogP) is 2.26. The third-order valence-electron chi connectivity index (χ3n) is 3.86. The molecule has 4 nitrogen and oxygen atoms in total. The number of rotatable bonds is 1. The number of nitrogens with one attached hydrogen (secondary N) is 1. The molecule has 0 spiro atoms. The molecule has 1 aliphatic heterocycles. The van der Waals surface area contributed by atoms with E-state index in [0.717, 1.165) is 12.8 Å². The Hall–Kier alpha value is -2.10. The number of anilines is 1. The molecule has 3 rings (SSSR count). The third kappa shape index (κ3) is 2.33. The number of nitrogens with zero attached hydrogens (tertiary/aromatic N) is 1. The van der Waals surface area contributed by atoms with Gasteiger partial charge in [0, 0.05) is 18.7 Å². The molecule has 1 aromatic rings. The van der Waals surface area contributed by atoms with Crippen LogP contribution >= 0.6 is 0 Å². The highest BCUT2D eigenvalue weighted by Crippen LogP contribution is 2.27. The van der Waals surface area contributed by atoms with Crippen molar-refractivity contribution in [3.05, 3.63) is 41.5 Å². The molecular weight excluding hydrogens is 252 g/mol. The molecular formula is C16H18N2O2. The van der Waals surface area contributed by atoms with Crippen LogP contribution in [0, 0.1) is 0 Å². The maximum atomic E-state index is 12.5. The van der Waals surface area contributed by atoms with Crippen LogP contribution in [-0.4, -0.2) is 24.4 Å². The number of amides is 2. The van der Waals surface area contributed by atoms with Crippen molar-refractivity contribution in [1.29, 1.82) is 0 Å². The van der Waals surface area contributed by atoms with Crippen LogP contribution in [0.25, 0.3) is 0 Å². The summed E-state index contributed by atoms with van der Waals surface area (Å²) in [5.41, 5.74) is 2.48. The van der Waals surface area contributed by atoms with E-state index in [9.17, 15) is 9.59 Å². The standard InChI is InChI=1S/C16H18N2O2/c1-11-10-18(15(19)9-12-5-4-6-12)14-8-3-2-7-13(14)16(20)17-11/h2-3,7-9,11H,4-6,10H2,1H3,(H,17,20). The molecule has 20 heavy (non-hydrogen) atoms. The largest absolute Gasteiger partial charge is 0.348 e. The fourth-order valence-corrected chi connectivity index (χ4v) is 2.61. The summed E-state index contributed by atoms with van der Waals surface area (Å²) < 4.78 is 0. The van der Waals surface area contributed by atoms with Crippen molar-refractivity contribution in [2.45, 2.75) is 32.2 Å². The molecule has 4 heteroatoms.